The molecule has 0 saturated carbocycles. The van der Waals surface area contributed by atoms with E-state index in [1.807, 2.05) is 22.9 Å². The Balaban J connectivity index is 2.44. The van der Waals surface area contributed by atoms with Crippen LogP contribution < -0.4 is 5.32 Å². The molecule has 0 saturated heterocycles. The Labute approximate surface area is 96.9 Å². The standard InChI is InChI=1S/C12H22N2O2/c1-10(2)6-13-7-11-4-3-5-14(11)8-12(16)9-15/h3-5,10,12-13,15-16H,6-9H2,1-2H3. The molecule has 1 atom stereocenters. The maximum Gasteiger partial charge on any atom is 0.0949 e. The van der Waals surface area contributed by atoms with Crippen LogP contribution in [0.2, 0.25) is 0 Å². The van der Waals surface area contributed by atoms with E-state index in [0.29, 0.717) is 12.5 Å². The Morgan fingerprint density at radius 2 is 2.19 bits per heavy atom. The quantitative estimate of drug-likeness (QED) is 0.637. The second kappa shape index (κ2) is 6.68. The summed E-state index contributed by atoms with van der Waals surface area (Å²) in [6.45, 7) is 6.36. The summed E-state index contributed by atoms with van der Waals surface area (Å²) in [4.78, 5) is 0. The van der Waals surface area contributed by atoms with Gasteiger partial charge in [-0.05, 0) is 24.6 Å². The molecule has 3 N–H and O–H groups in total. The van der Waals surface area contributed by atoms with Gasteiger partial charge in [-0.15, -0.1) is 0 Å². The molecular weight excluding hydrogens is 204 g/mol. The highest BCUT2D eigenvalue weighted by atomic mass is 16.3. The fourth-order valence-electron chi connectivity index (χ4n) is 1.56. The van der Waals surface area contributed by atoms with Gasteiger partial charge in [-0.1, -0.05) is 13.8 Å². The Morgan fingerprint density at radius 1 is 1.44 bits per heavy atom. The second-order valence-electron chi connectivity index (χ2n) is 4.51. The molecule has 0 radical (unpaired) electrons. The Morgan fingerprint density at radius 3 is 2.81 bits per heavy atom. The molecule has 0 bridgehead atoms. The van der Waals surface area contributed by atoms with Crippen molar-refractivity contribution in [1.29, 1.82) is 0 Å². The lowest BCUT2D eigenvalue weighted by molar-refractivity contribution is 0.0806. The molecule has 16 heavy (non-hydrogen) atoms. The normalized spacial score (nSPS) is 13.3. The third-order valence-corrected chi connectivity index (χ3v) is 2.40. The SMILES string of the molecule is CC(C)CNCc1cccn1CC(O)CO. The highest BCUT2D eigenvalue weighted by Gasteiger charge is 2.06. The lowest BCUT2D eigenvalue weighted by Crippen LogP contribution is -2.24. The van der Waals surface area contributed by atoms with Gasteiger partial charge in [0.25, 0.3) is 0 Å². The maximum absolute atomic E-state index is 9.38. The van der Waals surface area contributed by atoms with Crippen molar-refractivity contribution in [3.63, 3.8) is 0 Å². The molecule has 92 valence electrons. The Bertz CT molecular complexity index is 297. The van der Waals surface area contributed by atoms with Gasteiger partial charge in [-0.3, -0.25) is 0 Å². The minimum atomic E-state index is -0.684. The van der Waals surface area contributed by atoms with Gasteiger partial charge in [0, 0.05) is 18.4 Å². The van der Waals surface area contributed by atoms with E-state index < -0.39 is 6.10 Å². The number of aliphatic hydroxyl groups is 2. The van der Waals surface area contributed by atoms with Crippen LogP contribution in [-0.2, 0) is 13.1 Å². The van der Waals surface area contributed by atoms with Gasteiger partial charge in [0.15, 0.2) is 0 Å². The van der Waals surface area contributed by atoms with E-state index in [2.05, 4.69) is 19.2 Å². The molecule has 0 amide bonds. The molecule has 1 rings (SSSR count). The molecule has 1 unspecified atom stereocenters. The van der Waals surface area contributed by atoms with E-state index in [4.69, 9.17) is 5.11 Å². The third-order valence-electron chi connectivity index (χ3n) is 2.40. The highest BCUT2D eigenvalue weighted by molar-refractivity contribution is 5.07. The molecule has 0 aliphatic rings. The molecule has 0 aromatic carbocycles. The number of nitrogens with one attached hydrogen (secondary N) is 1. The molecule has 0 spiro atoms. The van der Waals surface area contributed by atoms with Gasteiger partial charge in [-0.2, -0.15) is 0 Å². The van der Waals surface area contributed by atoms with Crippen LogP contribution in [0.3, 0.4) is 0 Å². The van der Waals surface area contributed by atoms with Crippen LogP contribution in [0.15, 0.2) is 18.3 Å². The summed E-state index contributed by atoms with van der Waals surface area (Å²) in [7, 11) is 0. The maximum atomic E-state index is 9.38. The Hall–Kier alpha value is -0.840. The Kier molecular flexibility index (Phi) is 5.52. The first kappa shape index (κ1) is 13.2. The van der Waals surface area contributed by atoms with Crippen molar-refractivity contribution in [3.8, 4) is 0 Å². The van der Waals surface area contributed by atoms with Crippen LogP contribution >= 0.6 is 0 Å². The van der Waals surface area contributed by atoms with Crippen molar-refractivity contribution in [1.82, 2.24) is 9.88 Å². The summed E-state index contributed by atoms with van der Waals surface area (Å²) >= 11 is 0. The van der Waals surface area contributed by atoms with E-state index in [9.17, 15) is 5.11 Å². The van der Waals surface area contributed by atoms with Crippen molar-refractivity contribution >= 4 is 0 Å². The number of hydrogen-bond acceptors (Lipinski definition) is 3. The van der Waals surface area contributed by atoms with Gasteiger partial charge in [0.1, 0.15) is 0 Å². The molecule has 1 aromatic heterocycles. The van der Waals surface area contributed by atoms with Gasteiger partial charge in [0.05, 0.1) is 19.3 Å². The summed E-state index contributed by atoms with van der Waals surface area (Å²) < 4.78 is 1.97. The van der Waals surface area contributed by atoms with Gasteiger partial charge in [-0.25, -0.2) is 0 Å². The molecule has 4 nitrogen and oxygen atoms in total. The zero-order valence-corrected chi connectivity index (χ0v) is 10.1. The predicted molar refractivity (Wildman–Crippen MR) is 64.1 cm³/mol. The van der Waals surface area contributed by atoms with E-state index >= 15 is 0 Å². The third kappa shape index (κ3) is 4.35. The van der Waals surface area contributed by atoms with Crippen molar-refractivity contribution < 1.29 is 10.2 Å². The molecule has 0 fully saturated rings. The molecular formula is C12H22N2O2. The summed E-state index contributed by atoms with van der Waals surface area (Å²) in [6, 6.07) is 3.98. The number of aromatic nitrogens is 1. The van der Waals surface area contributed by atoms with E-state index in [1.165, 1.54) is 0 Å². The highest BCUT2D eigenvalue weighted by Crippen LogP contribution is 2.04. The van der Waals surface area contributed by atoms with Crippen molar-refractivity contribution in [2.24, 2.45) is 5.92 Å². The largest absolute Gasteiger partial charge is 0.394 e. The van der Waals surface area contributed by atoms with Gasteiger partial charge in [0.2, 0.25) is 0 Å². The zero-order valence-electron chi connectivity index (χ0n) is 10.1. The molecule has 1 heterocycles. The predicted octanol–water partition coefficient (Wildman–Crippen LogP) is 0.587. The van der Waals surface area contributed by atoms with Crippen molar-refractivity contribution in [2.75, 3.05) is 13.2 Å². The lowest BCUT2D eigenvalue weighted by atomic mass is 10.2. The number of nitrogens with zero attached hydrogens (tertiary/aromatic N) is 1. The van der Waals surface area contributed by atoms with Crippen LogP contribution in [0.5, 0.6) is 0 Å². The van der Waals surface area contributed by atoms with Crippen LogP contribution in [0, 0.1) is 5.92 Å². The number of aliphatic hydroxyl groups excluding tert-OH is 2. The summed E-state index contributed by atoms with van der Waals surface area (Å²) in [5.74, 6) is 0.631. The van der Waals surface area contributed by atoms with Gasteiger partial charge >= 0.3 is 0 Å². The van der Waals surface area contributed by atoms with Crippen LogP contribution in [0.25, 0.3) is 0 Å². The fourth-order valence-corrected chi connectivity index (χ4v) is 1.56. The van der Waals surface area contributed by atoms with Crippen LogP contribution in [0.1, 0.15) is 19.5 Å². The average molecular weight is 226 g/mol. The average Bonchev–Trinajstić information content (AvgIpc) is 2.65. The topological polar surface area (TPSA) is 57.4 Å². The first-order chi connectivity index (χ1) is 7.63. The van der Waals surface area contributed by atoms with Crippen LogP contribution in [0.4, 0.5) is 0 Å². The molecule has 0 aliphatic carbocycles. The second-order valence-corrected chi connectivity index (χ2v) is 4.51. The zero-order chi connectivity index (χ0) is 12.0. The minimum Gasteiger partial charge on any atom is -0.394 e. The number of rotatable bonds is 7. The summed E-state index contributed by atoms with van der Waals surface area (Å²) in [5, 5.41) is 21.5. The van der Waals surface area contributed by atoms with E-state index in [1.54, 1.807) is 0 Å². The molecule has 0 aliphatic heterocycles. The fraction of sp³-hybridized carbons (Fsp3) is 0.667. The summed E-state index contributed by atoms with van der Waals surface area (Å²) in [5.41, 5.74) is 1.13. The lowest BCUT2D eigenvalue weighted by Gasteiger charge is -2.13. The first-order valence-corrected chi connectivity index (χ1v) is 5.77. The van der Waals surface area contributed by atoms with Crippen molar-refractivity contribution in [3.05, 3.63) is 24.0 Å². The minimum absolute atomic E-state index is 0.197. The smallest absolute Gasteiger partial charge is 0.0949 e. The number of hydrogen-bond donors (Lipinski definition) is 3. The van der Waals surface area contributed by atoms with Crippen LogP contribution in [-0.4, -0.2) is 34.0 Å². The van der Waals surface area contributed by atoms with Gasteiger partial charge < -0.3 is 20.1 Å². The van der Waals surface area contributed by atoms with E-state index in [0.717, 1.165) is 18.8 Å². The first-order valence-electron chi connectivity index (χ1n) is 5.77. The molecule has 1 aromatic rings. The molecule has 4 heteroatoms. The van der Waals surface area contributed by atoms with E-state index in [-0.39, 0.29) is 6.61 Å². The summed E-state index contributed by atoms with van der Waals surface area (Å²) in [6.07, 6.45) is 1.24. The van der Waals surface area contributed by atoms with Crippen molar-refractivity contribution in [2.45, 2.75) is 33.0 Å². The monoisotopic (exact) mass is 226 g/mol.